The van der Waals surface area contributed by atoms with E-state index in [4.69, 9.17) is 11.6 Å². The zero-order valence-corrected chi connectivity index (χ0v) is 14.2. The lowest BCUT2D eigenvalue weighted by Gasteiger charge is -2.27. The lowest BCUT2D eigenvalue weighted by molar-refractivity contribution is 0.0303. The summed E-state index contributed by atoms with van der Waals surface area (Å²) in [7, 11) is -3.20. The van der Waals surface area contributed by atoms with Crippen molar-refractivity contribution in [1.82, 2.24) is 14.9 Å². The minimum absolute atomic E-state index is 0.0424. The number of hydrogen-bond acceptors (Lipinski definition) is 4. The van der Waals surface area contributed by atoms with Crippen molar-refractivity contribution in [3.63, 3.8) is 0 Å². The van der Waals surface area contributed by atoms with Gasteiger partial charge >= 0.3 is 0 Å². The molecule has 6 nitrogen and oxygen atoms in total. The average Bonchev–Trinajstić information content (AvgIpc) is 2.88. The van der Waals surface area contributed by atoms with Crippen molar-refractivity contribution in [2.75, 3.05) is 5.75 Å². The Balaban J connectivity index is 1.60. The Morgan fingerprint density at radius 1 is 1.43 bits per heavy atom. The highest BCUT2D eigenvalue weighted by molar-refractivity contribution is 7.89. The van der Waals surface area contributed by atoms with E-state index in [-0.39, 0.29) is 23.6 Å². The summed E-state index contributed by atoms with van der Waals surface area (Å²) >= 11 is 6.15. The third-order valence-corrected chi connectivity index (χ3v) is 6.81. The van der Waals surface area contributed by atoms with Crippen LogP contribution in [0.2, 0.25) is 5.02 Å². The fourth-order valence-electron chi connectivity index (χ4n) is 3.95. The van der Waals surface area contributed by atoms with Gasteiger partial charge in [0.2, 0.25) is 10.0 Å². The summed E-state index contributed by atoms with van der Waals surface area (Å²) in [5.74, 6) is 0.446. The van der Waals surface area contributed by atoms with Crippen LogP contribution in [-0.2, 0) is 15.6 Å². The second kappa shape index (κ2) is 4.92. The average molecular weight is 356 g/mol. The molecule has 1 heterocycles. The molecule has 0 saturated heterocycles. The van der Waals surface area contributed by atoms with E-state index in [0.717, 1.165) is 16.5 Å². The van der Waals surface area contributed by atoms with Crippen molar-refractivity contribution >= 4 is 32.5 Å². The summed E-state index contributed by atoms with van der Waals surface area (Å²) in [6.07, 6.45) is 2.77. The summed E-state index contributed by atoms with van der Waals surface area (Å²) in [6.45, 7) is 1.62. The van der Waals surface area contributed by atoms with E-state index >= 15 is 0 Å². The van der Waals surface area contributed by atoms with Crippen LogP contribution in [0.1, 0.15) is 25.3 Å². The summed E-state index contributed by atoms with van der Waals surface area (Å²) in [5.41, 5.74) is 0.596. The largest absolute Gasteiger partial charge is 0.385 e. The molecule has 4 rings (SSSR count). The van der Waals surface area contributed by atoms with Gasteiger partial charge in [-0.3, -0.25) is 5.10 Å². The molecule has 2 saturated carbocycles. The standard InChI is InChI=1S/C15H18ClN3O3S/c1-2-23(21,22)19-14-9-5-15(20,6-10(9)14)12-3-8(16)4-13-11(12)7-17-18-13/h3-4,7,9-10,14,19-20H,2,5-6H2,1H3,(H,17,18)/t9-,10+,14+,15-. The van der Waals surface area contributed by atoms with Gasteiger partial charge in [0.05, 0.1) is 23.1 Å². The SMILES string of the molecule is CCS(=O)(=O)N[C@H]1[C@@H]2C[C@](O)(c3cc(Cl)cc4[nH]ncc34)C[C@@H]21. The first-order valence-electron chi connectivity index (χ1n) is 7.68. The molecular weight excluding hydrogens is 338 g/mol. The smallest absolute Gasteiger partial charge is 0.211 e. The molecule has 1 aromatic carbocycles. The van der Waals surface area contributed by atoms with Crippen LogP contribution in [-0.4, -0.2) is 35.5 Å². The predicted molar refractivity (Wildman–Crippen MR) is 87.6 cm³/mol. The van der Waals surface area contributed by atoms with Crippen molar-refractivity contribution in [1.29, 1.82) is 0 Å². The van der Waals surface area contributed by atoms with Gasteiger partial charge < -0.3 is 5.11 Å². The van der Waals surface area contributed by atoms with E-state index in [0.29, 0.717) is 17.9 Å². The molecule has 0 spiro atoms. The molecule has 0 amide bonds. The quantitative estimate of drug-likeness (QED) is 0.778. The highest BCUT2D eigenvalue weighted by Crippen LogP contribution is 2.60. The number of halogens is 1. The Kier molecular flexibility index (Phi) is 3.29. The molecule has 0 unspecified atom stereocenters. The number of aromatic nitrogens is 2. The first-order valence-corrected chi connectivity index (χ1v) is 9.71. The predicted octanol–water partition coefficient (Wildman–Crippen LogP) is 1.75. The number of H-pyrrole nitrogens is 1. The van der Waals surface area contributed by atoms with E-state index in [2.05, 4.69) is 14.9 Å². The zero-order chi connectivity index (χ0) is 16.4. The Morgan fingerprint density at radius 2 is 2.13 bits per heavy atom. The lowest BCUT2D eigenvalue weighted by atomic mass is 9.86. The molecule has 1 aromatic heterocycles. The number of hydrogen-bond donors (Lipinski definition) is 3. The van der Waals surface area contributed by atoms with Crippen LogP contribution in [0, 0.1) is 11.8 Å². The van der Waals surface area contributed by atoms with Gasteiger partial charge in [-0.15, -0.1) is 0 Å². The lowest BCUT2D eigenvalue weighted by Crippen LogP contribution is -2.34. The van der Waals surface area contributed by atoms with Crippen molar-refractivity contribution in [3.05, 3.63) is 28.9 Å². The van der Waals surface area contributed by atoms with E-state index in [9.17, 15) is 13.5 Å². The zero-order valence-electron chi connectivity index (χ0n) is 12.6. The Bertz CT molecular complexity index is 867. The number of benzene rings is 1. The van der Waals surface area contributed by atoms with Crippen LogP contribution < -0.4 is 4.72 Å². The number of aliphatic hydroxyl groups is 1. The fourth-order valence-corrected chi connectivity index (χ4v) is 5.10. The van der Waals surface area contributed by atoms with Crippen LogP contribution >= 0.6 is 11.6 Å². The molecule has 2 fully saturated rings. The van der Waals surface area contributed by atoms with Crippen LogP contribution in [0.15, 0.2) is 18.3 Å². The first-order chi connectivity index (χ1) is 10.8. The molecule has 0 aliphatic heterocycles. The normalized spacial score (nSPS) is 33.1. The van der Waals surface area contributed by atoms with Crippen molar-refractivity contribution in [3.8, 4) is 0 Å². The van der Waals surface area contributed by atoms with Gasteiger partial charge in [-0.2, -0.15) is 5.10 Å². The van der Waals surface area contributed by atoms with Gasteiger partial charge in [0, 0.05) is 16.5 Å². The summed E-state index contributed by atoms with van der Waals surface area (Å²) < 4.78 is 26.1. The topological polar surface area (TPSA) is 95.1 Å². The molecular formula is C15H18ClN3O3S. The fraction of sp³-hybridized carbons (Fsp3) is 0.533. The summed E-state index contributed by atoms with van der Waals surface area (Å²) in [4.78, 5) is 0. The summed E-state index contributed by atoms with van der Waals surface area (Å²) in [6, 6.07) is 3.53. The first kappa shape index (κ1) is 15.4. The molecule has 3 N–H and O–H groups in total. The van der Waals surface area contributed by atoms with E-state index < -0.39 is 15.6 Å². The molecule has 124 valence electrons. The number of fused-ring (bicyclic) bond motifs is 2. The molecule has 2 aliphatic carbocycles. The van der Waals surface area contributed by atoms with E-state index in [1.54, 1.807) is 25.3 Å². The highest BCUT2D eigenvalue weighted by atomic mass is 35.5. The second-order valence-corrected chi connectivity index (χ2v) is 9.08. The van der Waals surface area contributed by atoms with Gasteiger partial charge in [0.15, 0.2) is 0 Å². The van der Waals surface area contributed by atoms with Gasteiger partial charge in [-0.05, 0) is 49.3 Å². The third-order valence-electron chi connectivity index (χ3n) is 5.20. The van der Waals surface area contributed by atoms with Gasteiger partial charge in [-0.1, -0.05) is 11.6 Å². The molecule has 2 aromatic rings. The molecule has 2 aliphatic rings. The molecule has 4 atom stereocenters. The monoisotopic (exact) mass is 355 g/mol. The third kappa shape index (κ3) is 2.46. The molecule has 8 heteroatoms. The second-order valence-electron chi connectivity index (χ2n) is 6.60. The Hall–Kier alpha value is -1.15. The van der Waals surface area contributed by atoms with Crippen molar-refractivity contribution in [2.45, 2.75) is 31.4 Å². The van der Waals surface area contributed by atoms with Crippen LogP contribution in [0.25, 0.3) is 10.9 Å². The van der Waals surface area contributed by atoms with Gasteiger partial charge in [0.25, 0.3) is 0 Å². The van der Waals surface area contributed by atoms with E-state index in [1.807, 2.05) is 0 Å². The molecule has 0 radical (unpaired) electrons. The molecule has 23 heavy (non-hydrogen) atoms. The Labute approximate surface area is 139 Å². The number of nitrogens with one attached hydrogen (secondary N) is 2. The highest BCUT2D eigenvalue weighted by Gasteiger charge is 2.62. The number of sulfonamides is 1. The van der Waals surface area contributed by atoms with Crippen LogP contribution in [0.4, 0.5) is 0 Å². The molecule has 0 bridgehead atoms. The Morgan fingerprint density at radius 3 is 2.78 bits per heavy atom. The number of aromatic amines is 1. The van der Waals surface area contributed by atoms with Crippen molar-refractivity contribution in [2.24, 2.45) is 11.8 Å². The maximum atomic E-state index is 11.7. The summed E-state index contributed by atoms with van der Waals surface area (Å²) in [5, 5.41) is 19.4. The van der Waals surface area contributed by atoms with Crippen LogP contribution in [0.5, 0.6) is 0 Å². The van der Waals surface area contributed by atoms with Gasteiger partial charge in [0.1, 0.15) is 0 Å². The minimum Gasteiger partial charge on any atom is -0.385 e. The van der Waals surface area contributed by atoms with Crippen LogP contribution in [0.3, 0.4) is 0 Å². The van der Waals surface area contributed by atoms with E-state index in [1.165, 1.54) is 0 Å². The maximum absolute atomic E-state index is 11.7. The number of nitrogens with zero attached hydrogens (tertiary/aromatic N) is 1. The number of rotatable bonds is 4. The minimum atomic E-state index is -3.20. The van der Waals surface area contributed by atoms with Gasteiger partial charge in [-0.25, -0.2) is 13.1 Å². The maximum Gasteiger partial charge on any atom is 0.211 e. The van der Waals surface area contributed by atoms with Crippen molar-refractivity contribution < 1.29 is 13.5 Å².